The normalized spacial score (nSPS) is 12.4. The summed E-state index contributed by atoms with van der Waals surface area (Å²) in [5, 5.41) is 29.2. The van der Waals surface area contributed by atoms with Gasteiger partial charge in [0.25, 0.3) is 0 Å². The molecule has 0 aliphatic carbocycles. The number of rotatable bonds is 11. The van der Waals surface area contributed by atoms with Crippen LogP contribution in [0.5, 0.6) is 5.75 Å². The molecule has 0 fully saturated rings. The van der Waals surface area contributed by atoms with Crippen LogP contribution < -0.4 is 16.2 Å². The molecule has 7 nitrogen and oxygen atoms in total. The van der Waals surface area contributed by atoms with Crippen LogP contribution in [0.4, 0.5) is 0 Å². The van der Waals surface area contributed by atoms with Crippen LogP contribution in [0.15, 0.2) is 71.5 Å². The largest absolute Gasteiger partial charge is 0.505 e. The molecule has 1 heterocycles. The van der Waals surface area contributed by atoms with Crippen molar-refractivity contribution in [1.29, 1.82) is 0 Å². The molecular formula is C32H36ClN3O4. The summed E-state index contributed by atoms with van der Waals surface area (Å²) in [4.78, 5) is 27.0. The molecule has 40 heavy (non-hydrogen) atoms. The molecule has 0 bridgehead atoms. The van der Waals surface area contributed by atoms with E-state index in [1.54, 1.807) is 19.1 Å². The molecule has 4 aromatic rings. The molecule has 0 spiro atoms. The number of aliphatic hydroxyl groups excluding tert-OH is 1. The molecule has 0 saturated heterocycles. The van der Waals surface area contributed by atoms with Crippen LogP contribution in [-0.2, 0) is 24.1 Å². The number of benzene rings is 3. The number of phenolic OH excluding ortho intramolecular Hbond substituents is 1. The van der Waals surface area contributed by atoms with Crippen molar-refractivity contribution in [1.82, 2.24) is 15.6 Å². The van der Waals surface area contributed by atoms with Gasteiger partial charge >= 0.3 is 0 Å². The van der Waals surface area contributed by atoms with Crippen molar-refractivity contribution in [3.05, 3.63) is 110 Å². The van der Waals surface area contributed by atoms with Gasteiger partial charge in [0, 0.05) is 35.1 Å². The third kappa shape index (κ3) is 7.72. The second kappa shape index (κ2) is 12.7. The SMILES string of the molecule is Cc1cc([C@@H](O)CNC(C)(C)Cc2cccc(CC(=O)NCCc3ccc(Cl)cc3)c2)c2ccc(=O)[nH]c2c1O. The van der Waals surface area contributed by atoms with E-state index in [4.69, 9.17) is 11.6 Å². The number of pyridine rings is 1. The highest BCUT2D eigenvalue weighted by Gasteiger charge is 2.22. The molecule has 210 valence electrons. The Balaban J connectivity index is 1.33. The summed E-state index contributed by atoms with van der Waals surface area (Å²) in [6.07, 6.45) is 0.881. The minimum absolute atomic E-state index is 0.00654. The van der Waals surface area contributed by atoms with Crippen LogP contribution in [0.3, 0.4) is 0 Å². The number of carbonyl (C=O) groups is 1. The van der Waals surface area contributed by atoms with Gasteiger partial charge in [-0.3, -0.25) is 9.59 Å². The second-order valence-corrected chi connectivity index (χ2v) is 11.4. The molecule has 5 N–H and O–H groups in total. The number of aryl methyl sites for hydroxylation is 1. The second-order valence-electron chi connectivity index (χ2n) is 10.9. The molecule has 8 heteroatoms. The van der Waals surface area contributed by atoms with E-state index in [0.717, 1.165) is 23.1 Å². The number of aromatic hydroxyl groups is 1. The first-order valence-corrected chi connectivity index (χ1v) is 13.8. The molecular weight excluding hydrogens is 526 g/mol. The Labute approximate surface area is 239 Å². The van der Waals surface area contributed by atoms with Crippen molar-refractivity contribution in [3.63, 3.8) is 0 Å². The lowest BCUT2D eigenvalue weighted by Crippen LogP contribution is -2.43. The van der Waals surface area contributed by atoms with Crippen molar-refractivity contribution in [2.75, 3.05) is 13.1 Å². The van der Waals surface area contributed by atoms with Gasteiger partial charge in [-0.1, -0.05) is 48.0 Å². The highest BCUT2D eigenvalue weighted by Crippen LogP contribution is 2.32. The number of hydrogen-bond donors (Lipinski definition) is 5. The number of aromatic nitrogens is 1. The first-order chi connectivity index (χ1) is 19.0. The predicted molar refractivity (Wildman–Crippen MR) is 160 cm³/mol. The third-order valence-electron chi connectivity index (χ3n) is 7.00. The lowest BCUT2D eigenvalue weighted by Gasteiger charge is -2.29. The van der Waals surface area contributed by atoms with Gasteiger partial charge in [0.1, 0.15) is 5.75 Å². The van der Waals surface area contributed by atoms with Gasteiger partial charge in [-0.05, 0) is 85.7 Å². The number of amides is 1. The Morgan fingerprint density at radius 2 is 1.75 bits per heavy atom. The first kappa shape index (κ1) is 29.3. The van der Waals surface area contributed by atoms with E-state index in [9.17, 15) is 19.8 Å². The maximum Gasteiger partial charge on any atom is 0.248 e. The van der Waals surface area contributed by atoms with Gasteiger partial charge in [0.2, 0.25) is 11.5 Å². The molecule has 3 aromatic carbocycles. The molecule has 1 aromatic heterocycles. The topological polar surface area (TPSA) is 114 Å². The quantitative estimate of drug-likeness (QED) is 0.181. The Morgan fingerprint density at radius 1 is 1.02 bits per heavy atom. The van der Waals surface area contributed by atoms with Gasteiger partial charge in [0.05, 0.1) is 18.0 Å². The summed E-state index contributed by atoms with van der Waals surface area (Å²) >= 11 is 5.93. The summed E-state index contributed by atoms with van der Waals surface area (Å²) < 4.78 is 0. The van der Waals surface area contributed by atoms with Crippen molar-refractivity contribution < 1.29 is 15.0 Å². The first-order valence-electron chi connectivity index (χ1n) is 13.4. The minimum atomic E-state index is -0.852. The van der Waals surface area contributed by atoms with Gasteiger partial charge in [-0.25, -0.2) is 0 Å². The zero-order chi connectivity index (χ0) is 28.9. The van der Waals surface area contributed by atoms with E-state index < -0.39 is 6.10 Å². The summed E-state index contributed by atoms with van der Waals surface area (Å²) in [6.45, 7) is 6.70. The molecule has 1 amide bonds. The minimum Gasteiger partial charge on any atom is -0.505 e. The monoisotopic (exact) mass is 561 g/mol. The van der Waals surface area contributed by atoms with Gasteiger partial charge in [-0.2, -0.15) is 0 Å². The van der Waals surface area contributed by atoms with Crippen LogP contribution in [0.25, 0.3) is 10.9 Å². The Morgan fingerprint density at radius 3 is 2.50 bits per heavy atom. The number of β-amino-alcohol motifs (C(OH)–C–C–N with tert-alkyl or cyclic N) is 1. The highest BCUT2D eigenvalue weighted by atomic mass is 35.5. The summed E-state index contributed by atoms with van der Waals surface area (Å²) in [6, 6.07) is 20.4. The van der Waals surface area contributed by atoms with Crippen LogP contribution in [0.1, 0.15) is 47.8 Å². The van der Waals surface area contributed by atoms with Crippen molar-refractivity contribution in [3.8, 4) is 5.75 Å². The van der Waals surface area contributed by atoms with E-state index in [1.807, 2.05) is 48.5 Å². The number of nitrogens with one attached hydrogen (secondary N) is 3. The van der Waals surface area contributed by atoms with Crippen molar-refractivity contribution in [2.45, 2.75) is 51.7 Å². The molecule has 4 rings (SSSR count). The molecule has 0 unspecified atom stereocenters. The number of aliphatic hydroxyl groups is 1. The molecule has 1 atom stereocenters. The average Bonchev–Trinajstić information content (AvgIpc) is 2.90. The highest BCUT2D eigenvalue weighted by molar-refractivity contribution is 6.30. The fraction of sp³-hybridized carbons (Fsp3) is 0.312. The fourth-order valence-electron chi connectivity index (χ4n) is 4.90. The van der Waals surface area contributed by atoms with E-state index >= 15 is 0 Å². The number of hydrogen-bond acceptors (Lipinski definition) is 5. The lowest BCUT2D eigenvalue weighted by molar-refractivity contribution is -0.120. The Kier molecular flexibility index (Phi) is 9.30. The van der Waals surface area contributed by atoms with E-state index in [0.29, 0.717) is 46.4 Å². The number of carbonyl (C=O) groups excluding carboxylic acids is 1. The number of halogens is 1. The molecule has 0 radical (unpaired) electrons. The standard InChI is InChI=1S/C32H36ClN3O4/c1-20-15-26(25-11-12-28(38)36-30(25)31(20)40)27(37)19-35-32(2,3)18-23-6-4-5-22(16-23)17-29(39)34-14-13-21-7-9-24(33)10-8-21/h4-12,15-16,27,35,37,40H,13-14,17-19H2,1-3H3,(H,34,39)(H,36,38)/t27-/m0/s1. The van der Waals surface area contributed by atoms with E-state index in [2.05, 4.69) is 29.5 Å². The van der Waals surface area contributed by atoms with E-state index in [1.165, 1.54) is 6.07 Å². The lowest BCUT2D eigenvalue weighted by atomic mass is 9.92. The zero-order valence-electron chi connectivity index (χ0n) is 23.1. The summed E-state index contributed by atoms with van der Waals surface area (Å²) in [5.41, 5.74) is 4.02. The Bertz CT molecular complexity index is 1550. The fourth-order valence-corrected chi connectivity index (χ4v) is 5.03. The number of fused-ring (bicyclic) bond motifs is 1. The van der Waals surface area contributed by atoms with Crippen LogP contribution in [-0.4, -0.2) is 39.7 Å². The van der Waals surface area contributed by atoms with Crippen molar-refractivity contribution >= 4 is 28.4 Å². The number of aromatic amines is 1. The van der Waals surface area contributed by atoms with Gasteiger partial charge < -0.3 is 25.8 Å². The molecule has 0 saturated carbocycles. The van der Waals surface area contributed by atoms with Crippen LogP contribution in [0, 0.1) is 6.92 Å². The predicted octanol–water partition coefficient (Wildman–Crippen LogP) is 4.74. The summed E-state index contributed by atoms with van der Waals surface area (Å²) in [7, 11) is 0. The molecule has 0 aliphatic heterocycles. The smallest absolute Gasteiger partial charge is 0.248 e. The maximum atomic E-state index is 12.5. The Hall–Kier alpha value is -3.65. The molecule has 0 aliphatic rings. The number of H-pyrrole nitrogens is 1. The van der Waals surface area contributed by atoms with E-state index in [-0.39, 0.29) is 29.3 Å². The van der Waals surface area contributed by atoms with Gasteiger partial charge in [0.15, 0.2) is 0 Å². The summed E-state index contributed by atoms with van der Waals surface area (Å²) in [5.74, 6) is -0.0172. The van der Waals surface area contributed by atoms with Crippen LogP contribution in [0.2, 0.25) is 5.02 Å². The maximum absolute atomic E-state index is 12.5. The average molecular weight is 562 g/mol. The van der Waals surface area contributed by atoms with Crippen molar-refractivity contribution in [2.24, 2.45) is 0 Å². The third-order valence-corrected chi connectivity index (χ3v) is 7.25. The van der Waals surface area contributed by atoms with Gasteiger partial charge in [-0.15, -0.1) is 0 Å². The van der Waals surface area contributed by atoms with Crippen LogP contribution >= 0.6 is 11.6 Å². The number of phenols is 1. The zero-order valence-corrected chi connectivity index (χ0v) is 23.8.